The predicted molar refractivity (Wildman–Crippen MR) is 91.5 cm³/mol. The van der Waals surface area contributed by atoms with E-state index in [4.69, 9.17) is 0 Å². The molecule has 0 aliphatic heterocycles. The number of anilines is 1. The van der Waals surface area contributed by atoms with Crippen LogP contribution in [0.5, 0.6) is 0 Å². The van der Waals surface area contributed by atoms with Crippen molar-refractivity contribution in [3.63, 3.8) is 0 Å². The van der Waals surface area contributed by atoms with Gasteiger partial charge < -0.3 is 5.32 Å². The van der Waals surface area contributed by atoms with Crippen LogP contribution in [-0.2, 0) is 21.4 Å². The number of carbonyl (C=O) groups is 1. The maximum absolute atomic E-state index is 13.1. The lowest BCUT2D eigenvalue weighted by atomic mass is 10.2. The number of benzene rings is 2. The van der Waals surface area contributed by atoms with Crippen molar-refractivity contribution < 1.29 is 17.6 Å². The third-order valence-electron chi connectivity index (χ3n) is 3.48. The third kappa shape index (κ3) is 4.55. The van der Waals surface area contributed by atoms with Gasteiger partial charge in [-0.15, -0.1) is 0 Å². The molecule has 2 aromatic rings. The van der Waals surface area contributed by atoms with Crippen LogP contribution in [0.25, 0.3) is 0 Å². The molecule has 2 aromatic carbocycles. The standard InChI is InChI=1S/C17H19FN2O3S/c1-13(17(21)19-12-14-6-4-3-5-7-14)20(24(2,22)23)16-10-8-15(18)9-11-16/h3-11,13H,12H2,1-2H3,(H,19,21). The number of sulfonamides is 1. The Morgan fingerprint density at radius 2 is 1.71 bits per heavy atom. The molecule has 0 bridgehead atoms. The predicted octanol–water partition coefficient (Wildman–Crippen LogP) is 2.30. The zero-order chi connectivity index (χ0) is 17.7. The fraction of sp³-hybridized carbons (Fsp3) is 0.235. The summed E-state index contributed by atoms with van der Waals surface area (Å²) < 4.78 is 38.2. The van der Waals surface area contributed by atoms with E-state index < -0.39 is 27.8 Å². The summed E-state index contributed by atoms with van der Waals surface area (Å²) in [5, 5.41) is 2.71. The van der Waals surface area contributed by atoms with Gasteiger partial charge in [0, 0.05) is 6.54 Å². The summed E-state index contributed by atoms with van der Waals surface area (Å²) in [6.07, 6.45) is 1.01. The van der Waals surface area contributed by atoms with Gasteiger partial charge >= 0.3 is 0 Å². The van der Waals surface area contributed by atoms with E-state index in [0.717, 1.165) is 28.3 Å². The average Bonchev–Trinajstić information content (AvgIpc) is 2.54. The van der Waals surface area contributed by atoms with Crippen molar-refractivity contribution in [2.45, 2.75) is 19.5 Å². The number of hydrogen-bond acceptors (Lipinski definition) is 3. The molecule has 7 heteroatoms. The highest BCUT2D eigenvalue weighted by Crippen LogP contribution is 2.21. The zero-order valence-electron chi connectivity index (χ0n) is 13.4. The van der Waals surface area contributed by atoms with E-state index >= 15 is 0 Å². The van der Waals surface area contributed by atoms with Gasteiger partial charge in [0.15, 0.2) is 0 Å². The van der Waals surface area contributed by atoms with Crippen LogP contribution in [-0.4, -0.2) is 26.6 Å². The van der Waals surface area contributed by atoms with E-state index in [1.165, 1.54) is 19.1 Å². The lowest BCUT2D eigenvalue weighted by molar-refractivity contribution is -0.122. The molecule has 24 heavy (non-hydrogen) atoms. The monoisotopic (exact) mass is 350 g/mol. The van der Waals surface area contributed by atoms with E-state index in [1.807, 2.05) is 30.3 Å². The topological polar surface area (TPSA) is 66.5 Å². The molecular formula is C17H19FN2O3S. The first-order valence-corrected chi connectivity index (χ1v) is 9.20. The van der Waals surface area contributed by atoms with Gasteiger partial charge in [0.2, 0.25) is 15.9 Å². The highest BCUT2D eigenvalue weighted by molar-refractivity contribution is 7.92. The van der Waals surface area contributed by atoms with Crippen molar-refractivity contribution in [1.29, 1.82) is 0 Å². The summed E-state index contributed by atoms with van der Waals surface area (Å²) in [6.45, 7) is 1.79. The first kappa shape index (κ1) is 17.9. The van der Waals surface area contributed by atoms with E-state index in [-0.39, 0.29) is 5.69 Å². The van der Waals surface area contributed by atoms with Crippen molar-refractivity contribution in [2.75, 3.05) is 10.6 Å². The second-order valence-corrected chi connectivity index (χ2v) is 7.27. The van der Waals surface area contributed by atoms with Crippen molar-refractivity contribution >= 4 is 21.6 Å². The maximum Gasteiger partial charge on any atom is 0.243 e. The second-order valence-electron chi connectivity index (χ2n) is 5.41. The molecule has 1 amide bonds. The molecule has 0 spiro atoms. The summed E-state index contributed by atoms with van der Waals surface area (Å²) >= 11 is 0. The number of hydrogen-bond donors (Lipinski definition) is 1. The Balaban J connectivity index is 2.17. The number of halogens is 1. The van der Waals surface area contributed by atoms with Gasteiger partial charge in [0.1, 0.15) is 11.9 Å². The minimum absolute atomic E-state index is 0.237. The Bertz CT molecular complexity index is 792. The first-order valence-electron chi connectivity index (χ1n) is 7.35. The average molecular weight is 350 g/mol. The maximum atomic E-state index is 13.1. The highest BCUT2D eigenvalue weighted by Gasteiger charge is 2.28. The third-order valence-corrected chi connectivity index (χ3v) is 4.72. The van der Waals surface area contributed by atoms with Crippen LogP contribution < -0.4 is 9.62 Å². The molecule has 0 aliphatic carbocycles. The van der Waals surface area contributed by atoms with E-state index in [1.54, 1.807) is 0 Å². The Morgan fingerprint density at radius 1 is 1.12 bits per heavy atom. The van der Waals surface area contributed by atoms with Crippen LogP contribution >= 0.6 is 0 Å². The molecule has 0 heterocycles. The van der Waals surface area contributed by atoms with E-state index in [9.17, 15) is 17.6 Å². The zero-order valence-corrected chi connectivity index (χ0v) is 14.3. The smallest absolute Gasteiger partial charge is 0.243 e. The van der Waals surface area contributed by atoms with Gasteiger partial charge in [-0.2, -0.15) is 0 Å². The number of nitrogens with zero attached hydrogens (tertiary/aromatic N) is 1. The van der Waals surface area contributed by atoms with Gasteiger partial charge in [-0.3, -0.25) is 9.10 Å². The summed E-state index contributed by atoms with van der Waals surface area (Å²) in [5.41, 5.74) is 1.15. The van der Waals surface area contributed by atoms with Crippen LogP contribution in [0.3, 0.4) is 0 Å². The van der Waals surface area contributed by atoms with E-state index in [0.29, 0.717) is 6.54 Å². The van der Waals surface area contributed by atoms with Gasteiger partial charge in [-0.05, 0) is 36.8 Å². The summed E-state index contributed by atoms with van der Waals surface area (Å²) in [4.78, 5) is 12.4. The Morgan fingerprint density at radius 3 is 2.25 bits per heavy atom. The largest absolute Gasteiger partial charge is 0.350 e. The van der Waals surface area contributed by atoms with E-state index in [2.05, 4.69) is 5.32 Å². The minimum Gasteiger partial charge on any atom is -0.350 e. The van der Waals surface area contributed by atoms with Crippen molar-refractivity contribution in [2.24, 2.45) is 0 Å². The second kappa shape index (κ2) is 7.44. The van der Waals surface area contributed by atoms with Crippen molar-refractivity contribution in [3.8, 4) is 0 Å². The van der Waals surface area contributed by atoms with Gasteiger partial charge in [-0.25, -0.2) is 12.8 Å². The van der Waals surface area contributed by atoms with Crippen molar-refractivity contribution in [3.05, 3.63) is 66.0 Å². The number of carbonyl (C=O) groups excluding carboxylic acids is 1. The van der Waals surface area contributed by atoms with Crippen LogP contribution in [0, 0.1) is 5.82 Å². The molecule has 0 fully saturated rings. The molecule has 5 nitrogen and oxygen atoms in total. The molecule has 0 saturated heterocycles. The number of amides is 1. The van der Waals surface area contributed by atoms with Gasteiger partial charge in [0.05, 0.1) is 11.9 Å². The normalized spacial score (nSPS) is 12.5. The Labute approximate surface area is 141 Å². The fourth-order valence-corrected chi connectivity index (χ4v) is 3.50. The number of nitrogens with one attached hydrogen (secondary N) is 1. The van der Waals surface area contributed by atoms with Crippen LogP contribution in [0.15, 0.2) is 54.6 Å². The molecule has 0 aliphatic rings. The quantitative estimate of drug-likeness (QED) is 0.869. The summed E-state index contributed by atoms with van der Waals surface area (Å²) in [6, 6.07) is 13.3. The molecule has 128 valence electrons. The van der Waals surface area contributed by atoms with Crippen molar-refractivity contribution in [1.82, 2.24) is 5.32 Å². The minimum atomic E-state index is -3.71. The SMILES string of the molecule is CC(C(=O)NCc1ccccc1)N(c1ccc(F)cc1)S(C)(=O)=O. The molecule has 1 atom stereocenters. The Hall–Kier alpha value is -2.41. The van der Waals surface area contributed by atoms with Crippen LogP contribution in [0.2, 0.25) is 0 Å². The molecule has 0 saturated carbocycles. The number of rotatable bonds is 6. The van der Waals surface area contributed by atoms with Gasteiger partial charge in [-0.1, -0.05) is 30.3 Å². The van der Waals surface area contributed by atoms with Gasteiger partial charge in [0.25, 0.3) is 0 Å². The molecule has 1 N–H and O–H groups in total. The molecule has 0 aromatic heterocycles. The first-order chi connectivity index (χ1) is 11.3. The Kier molecular flexibility index (Phi) is 5.56. The van der Waals surface area contributed by atoms with Crippen LogP contribution in [0.1, 0.15) is 12.5 Å². The summed E-state index contributed by atoms with van der Waals surface area (Å²) in [7, 11) is -3.71. The fourth-order valence-electron chi connectivity index (χ4n) is 2.33. The molecule has 2 rings (SSSR count). The lowest BCUT2D eigenvalue weighted by Crippen LogP contribution is -2.47. The molecule has 1 unspecified atom stereocenters. The van der Waals surface area contributed by atoms with Crippen LogP contribution in [0.4, 0.5) is 10.1 Å². The lowest BCUT2D eigenvalue weighted by Gasteiger charge is -2.28. The summed E-state index contributed by atoms with van der Waals surface area (Å²) in [5.74, 6) is -0.915. The molecular weight excluding hydrogens is 331 g/mol. The molecule has 0 radical (unpaired) electrons. The highest BCUT2D eigenvalue weighted by atomic mass is 32.2.